The minimum atomic E-state index is -0.132. The fraction of sp³-hybridized carbons (Fsp3) is 0.400. The number of likely N-dealkylation sites (tertiary alicyclic amines) is 1. The maximum absolute atomic E-state index is 13.0. The third-order valence-electron chi connectivity index (χ3n) is 6.54. The molecule has 5 rings (SSSR count). The third-order valence-corrected chi connectivity index (χ3v) is 6.54. The molecule has 1 amide bonds. The number of nitrogens with one attached hydrogen (secondary N) is 2. The number of anilines is 1. The van der Waals surface area contributed by atoms with Crippen molar-refractivity contribution in [1.29, 1.82) is 0 Å². The maximum Gasteiger partial charge on any atom is 0.272 e. The zero-order valence-electron chi connectivity index (χ0n) is 18.2. The number of piperidine rings is 1. The molecule has 2 aromatic heterocycles. The molecular formula is C25H28N6O. The number of benzene rings is 1. The Kier molecular flexibility index (Phi) is 5.78. The second-order valence-corrected chi connectivity index (χ2v) is 8.69. The highest BCUT2D eigenvalue weighted by molar-refractivity contribution is 6.05. The van der Waals surface area contributed by atoms with Crippen LogP contribution in [0.5, 0.6) is 0 Å². The Morgan fingerprint density at radius 1 is 1.12 bits per heavy atom. The lowest BCUT2D eigenvalue weighted by Crippen LogP contribution is -2.44. The van der Waals surface area contributed by atoms with Crippen LogP contribution in [-0.2, 0) is 0 Å². The van der Waals surface area contributed by atoms with Gasteiger partial charge in [0.25, 0.3) is 5.91 Å². The first kappa shape index (κ1) is 20.5. The molecule has 0 spiro atoms. The molecule has 0 aliphatic carbocycles. The molecular weight excluding hydrogens is 400 g/mol. The van der Waals surface area contributed by atoms with E-state index in [9.17, 15) is 4.79 Å². The van der Waals surface area contributed by atoms with E-state index in [-0.39, 0.29) is 11.9 Å². The molecule has 7 nitrogen and oxygen atoms in total. The number of carbonyl (C=O) groups is 1. The smallest absolute Gasteiger partial charge is 0.272 e. The van der Waals surface area contributed by atoms with Crippen LogP contribution in [0, 0.1) is 12.3 Å². The van der Waals surface area contributed by atoms with Gasteiger partial charge in [0, 0.05) is 49.4 Å². The Balaban J connectivity index is 1.35. The predicted molar refractivity (Wildman–Crippen MR) is 127 cm³/mol. The van der Waals surface area contributed by atoms with Crippen molar-refractivity contribution in [3.8, 4) is 23.5 Å². The van der Waals surface area contributed by atoms with Crippen molar-refractivity contribution in [3.63, 3.8) is 0 Å². The summed E-state index contributed by atoms with van der Waals surface area (Å²) in [5, 5.41) is 11.3. The maximum atomic E-state index is 13.0. The number of terminal acetylenes is 1. The van der Waals surface area contributed by atoms with Crippen LogP contribution in [-0.4, -0.2) is 64.8 Å². The van der Waals surface area contributed by atoms with Crippen LogP contribution in [0.1, 0.15) is 36.2 Å². The van der Waals surface area contributed by atoms with Crippen molar-refractivity contribution in [3.05, 3.63) is 42.4 Å². The first-order valence-electron chi connectivity index (χ1n) is 11.4. The summed E-state index contributed by atoms with van der Waals surface area (Å²) in [7, 11) is 0. The number of pyridine rings is 1. The summed E-state index contributed by atoms with van der Waals surface area (Å²) in [5.74, 6) is 2.56. The zero-order chi connectivity index (χ0) is 21.9. The molecule has 0 unspecified atom stereocenters. The van der Waals surface area contributed by atoms with Crippen molar-refractivity contribution in [2.45, 2.75) is 31.7 Å². The van der Waals surface area contributed by atoms with Gasteiger partial charge in [0.05, 0.1) is 23.9 Å². The fourth-order valence-electron chi connectivity index (χ4n) is 4.72. The number of carbonyl (C=O) groups excluding carboxylic acids is 1. The van der Waals surface area contributed by atoms with E-state index in [0.29, 0.717) is 12.2 Å². The first-order chi connectivity index (χ1) is 15.7. The number of nitrogens with zero attached hydrogens (tertiary/aromatic N) is 4. The minimum absolute atomic E-state index is 0.132. The number of fused-ring (bicyclic) bond motifs is 1. The van der Waals surface area contributed by atoms with Crippen LogP contribution < -0.4 is 10.2 Å². The van der Waals surface area contributed by atoms with Crippen LogP contribution in [0.25, 0.3) is 22.0 Å². The highest BCUT2D eigenvalue weighted by Gasteiger charge is 2.23. The van der Waals surface area contributed by atoms with Gasteiger partial charge in [-0.3, -0.25) is 19.8 Å². The lowest BCUT2D eigenvalue weighted by atomic mass is 10.0. The summed E-state index contributed by atoms with van der Waals surface area (Å²) in [6.07, 6.45) is 13.5. The molecule has 32 heavy (non-hydrogen) atoms. The van der Waals surface area contributed by atoms with E-state index in [1.165, 1.54) is 12.8 Å². The van der Waals surface area contributed by atoms with Crippen molar-refractivity contribution in [1.82, 2.24) is 25.4 Å². The van der Waals surface area contributed by atoms with Gasteiger partial charge in [0.1, 0.15) is 0 Å². The first-order valence-corrected chi connectivity index (χ1v) is 11.4. The van der Waals surface area contributed by atoms with Crippen LogP contribution in [0.4, 0.5) is 5.69 Å². The van der Waals surface area contributed by atoms with E-state index < -0.39 is 0 Å². The Bertz CT molecular complexity index is 1150. The van der Waals surface area contributed by atoms with E-state index in [4.69, 9.17) is 6.42 Å². The molecule has 0 saturated carbocycles. The molecule has 2 aliphatic heterocycles. The molecule has 164 valence electrons. The summed E-state index contributed by atoms with van der Waals surface area (Å²) < 4.78 is 0. The van der Waals surface area contributed by atoms with Gasteiger partial charge in [-0.05, 0) is 49.4 Å². The summed E-state index contributed by atoms with van der Waals surface area (Å²) >= 11 is 0. The van der Waals surface area contributed by atoms with Crippen LogP contribution in [0.2, 0.25) is 0 Å². The van der Waals surface area contributed by atoms with Gasteiger partial charge in [-0.1, -0.05) is 12.0 Å². The quantitative estimate of drug-likeness (QED) is 0.611. The summed E-state index contributed by atoms with van der Waals surface area (Å²) in [4.78, 5) is 22.1. The largest absolute Gasteiger partial charge is 0.370 e. The van der Waals surface area contributed by atoms with Crippen LogP contribution in [0.15, 0.2) is 36.7 Å². The van der Waals surface area contributed by atoms with Gasteiger partial charge >= 0.3 is 0 Å². The number of hydrogen-bond acceptors (Lipinski definition) is 5. The van der Waals surface area contributed by atoms with Gasteiger partial charge in [0.2, 0.25) is 0 Å². The molecule has 0 bridgehead atoms. The number of rotatable bonds is 5. The molecule has 2 N–H and O–H groups in total. The number of hydrogen-bond donors (Lipinski definition) is 2. The zero-order valence-corrected chi connectivity index (χ0v) is 18.2. The lowest BCUT2D eigenvalue weighted by Gasteiger charge is -2.30. The molecule has 2 saturated heterocycles. The molecule has 1 aromatic carbocycles. The Labute approximate surface area is 188 Å². The van der Waals surface area contributed by atoms with Crippen molar-refractivity contribution in [2.75, 3.05) is 37.6 Å². The van der Waals surface area contributed by atoms with E-state index in [1.807, 2.05) is 30.6 Å². The van der Waals surface area contributed by atoms with Gasteiger partial charge in [-0.25, -0.2) is 0 Å². The van der Waals surface area contributed by atoms with Crippen LogP contribution >= 0.6 is 0 Å². The second kappa shape index (κ2) is 9.01. The predicted octanol–water partition coefficient (Wildman–Crippen LogP) is 3.05. The second-order valence-electron chi connectivity index (χ2n) is 8.69. The van der Waals surface area contributed by atoms with Gasteiger partial charge < -0.3 is 10.2 Å². The van der Waals surface area contributed by atoms with Crippen molar-refractivity contribution in [2.24, 2.45) is 0 Å². The number of aromatic amines is 1. The van der Waals surface area contributed by atoms with E-state index in [1.54, 1.807) is 0 Å². The number of amides is 1. The fourth-order valence-corrected chi connectivity index (χ4v) is 4.72. The number of H-pyrrole nitrogens is 1. The SMILES string of the molecule is C#CCN1CCC(NC(=O)c2n[nH]c3ccc(-c4cncc(N5CCCC5)c4)cc23)CC1. The molecule has 2 aliphatic rings. The normalized spacial score (nSPS) is 17.5. The van der Waals surface area contributed by atoms with E-state index in [2.05, 4.69) is 42.3 Å². The van der Waals surface area contributed by atoms with Gasteiger partial charge in [-0.15, -0.1) is 6.42 Å². The highest BCUT2D eigenvalue weighted by atomic mass is 16.2. The Morgan fingerprint density at radius 2 is 1.94 bits per heavy atom. The highest BCUT2D eigenvalue weighted by Crippen LogP contribution is 2.29. The standard InChI is InChI=1S/C25H28N6O/c1-2-9-30-12-7-20(8-13-30)27-25(32)24-22-15-18(5-6-23(22)28-29-24)19-14-21(17-26-16-19)31-10-3-4-11-31/h1,5-6,14-17,20H,3-4,7-13H2,(H,27,32)(H,28,29). The average Bonchev–Trinajstić information content (AvgIpc) is 3.51. The van der Waals surface area contributed by atoms with E-state index in [0.717, 1.165) is 66.7 Å². The number of aromatic nitrogens is 3. The molecule has 3 aromatic rings. The van der Waals surface area contributed by atoms with Crippen LogP contribution in [0.3, 0.4) is 0 Å². The molecule has 2 fully saturated rings. The van der Waals surface area contributed by atoms with E-state index >= 15 is 0 Å². The molecule has 0 radical (unpaired) electrons. The Hall–Kier alpha value is -3.37. The third kappa shape index (κ3) is 4.19. The topological polar surface area (TPSA) is 77.1 Å². The average molecular weight is 429 g/mol. The molecule has 4 heterocycles. The monoisotopic (exact) mass is 428 g/mol. The molecule has 0 atom stereocenters. The summed E-state index contributed by atoms with van der Waals surface area (Å²) in [5.41, 5.74) is 4.53. The summed E-state index contributed by atoms with van der Waals surface area (Å²) in [6, 6.07) is 8.40. The lowest BCUT2D eigenvalue weighted by molar-refractivity contribution is 0.0911. The summed E-state index contributed by atoms with van der Waals surface area (Å²) in [6.45, 7) is 4.64. The van der Waals surface area contributed by atoms with Gasteiger partial charge in [-0.2, -0.15) is 5.10 Å². The van der Waals surface area contributed by atoms with Gasteiger partial charge in [0.15, 0.2) is 5.69 Å². The molecule has 7 heteroatoms. The minimum Gasteiger partial charge on any atom is -0.370 e. The Morgan fingerprint density at radius 3 is 2.72 bits per heavy atom. The van der Waals surface area contributed by atoms with Crippen molar-refractivity contribution >= 4 is 22.5 Å². The van der Waals surface area contributed by atoms with Crippen molar-refractivity contribution < 1.29 is 4.79 Å².